The zero-order valence-corrected chi connectivity index (χ0v) is 15.4. The number of hydrogen-bond acceptors (Lipinski definition) is 3. The van der Waals surface area contributed by atoms with E-state index < -0.39 is 0 Å². The predicted octanol–water partition coefficient (Wildman–Crippen LogP) is 5.63. The van der Waals surface area contributed by atoms with Crippen molar-refractivity contribution in [1.82, 2.24) is 4.98 Å². The van der Waals surface area contributed by atoms with Crippen LogP contribution in [0.1, 0.15) is 0 Å². The molecule has 4 aromatic rings. The molecule has 1 amide bonds. The molecule has 0 spiro atoms. The maximum Gasteiger partial charge on any atom is 0.234 e. The summed E-state index contributed by atoms with van der Waals surface area (Å²) in [6.07, 6.45) is 1.78. The molecule has 0 bridgehead atoms. The summed E-state index contributed by atoms with van der Waals surface area (Å²) in [5.74, 6) is 0.316. The molecule has 0 unspecified atom stereocenters. The van der Waals surface area contributed by atoms with Gasteiger partial charge >= 0.3 is 0 Å². The molecule has 4 rings (SSSR count). The number of amides is 1. The number of nitrogens with one attached hydrogen (secondary N) is 1. The van der Waals surface area contributed by atoms with Crippen LogP contribution in [0.15, 0.2) is 96.0 Å². The van der Waals surface area contributed by atoms with E-state index in [-0.39, 0.29) is 5.91 Å². The van der Waals surface area contributed by atoms with Crippen molar-refractivity contribution in [2.75, 3.05) is 11.1 Å². The maximum atomic E-state index is 12.3. The van der Waals surface area contributed by atoms with Gasteiger partial charge in [-0.15, -0.1) is 11.8 Å². The number of hydrogen-bond donors (Lipinski definition) is 1. The van der Waals surface area contributed by atoms with E-state index in [4.69, 9.17) is 0 Å². The van der Waals surface area contributed by atoms with E-state index in [0.29, 0.717) is 5.75 Å². The fourth-order valence-corrected chi connectivity index (χ4v) is 3.75. The first-order chi connectivity index (χ1) is 13.3. The van der Waals surface area contributed by atoms with Gasteiger partial charge in [-0.2, -0.15) is 0 Å². The quantitative estimate of drug-likeness (QED) is 0.463. The van der Waals surface area contributed by atoms with E-state index in [0.717, 1.165) is 32.6 Å². The number of rotatable bonds is 5. The number of thioether (sulfide) groups is 1. The number of nitrogens with zero attached hydrogens (tertiary/aromatic N) is 1. The Morgan fingerprint density at radius 3 is 2.37 bits per heavy atom. The molecule has 0 atom stereocenters. The van der Waals surface area contributed by atoms with E-state index in [1.165, 1.54) is 11.8 Å². The molecular formula is C23H18N2OS. The van der Waals surface area contributed by atoms with Crippen LogP contribution in [0.3, 0.4) is 0 Å². The van der Waals surface area contributed by atoms with Crippen molar-refractivity contribution in [1.29, 1.82) is 0 Å². The molecule has 3 aromatic carbocycles. The Morgan fingerprint density at radius 1 is 0.815 bits per heavy atom. The molecule has 0 aliphatic heterocycles. The predicted molar refractivity (Wildman–Crippen MR) is 113 cm³/mol. The van der Waals surface area contributed by atoms with Crippen molar-refractivity contribution in [3.8, 4) is 11.1 Å². The summed E-state index contributed by atoms with van der Waals surface area (Å²) in [6.45, 7) is 0. The molecule has 4 heteroatoms. The Labute approximate surface area is 162 Å². The van der Waals surface area contributed by atoms with Gasteiger partial charge in [-0.1, -0.05) is 60.7 Å². The Bertz CT molecular complexity index is 1060. The molecule has 0 saturated carbocycles. The van der Waals surface area contributed by atoms with Gasteiger partial charge in [-0.3, -0.25) is 9.78 Å². The Balaban J connectivity index is 1.39. The van der Waals surface area contributed by atoms with Crippen LogP contribution in [-0.4, -0.2) is 16.6 Å². The van der Waals surface area contributed by atoms with Crippen molar-refractivity contribution in [3.63, 3.8) is 0 Å². The average molecular weight is 370 g/mol. The van der Waals surface area contributed by atoms with E-state index in [2.05, 4.69) is 22.4 Å². The van der Waals surface area contributed by atoms with E-state index in [1.807, 2.05) is 72.8 Å². The van der Waals surface area contributed by atoms with Crippen molar-refractivity contribution < 1.29 is 4.79 Å². The van der Waals surface area contributed by atoms with Crippen LogP contribution in [0.5, 0.6) is 0 Å². The van der Waals surface area contributed by atoms with Crippen LogP contribution >= 0.6 is 11.8 Å². The SMILES string of the molecule is O=C(CSc1cccc2cccnc12)Nc1ccc(-c2ccccc2)cc1. The van der Waals surface area contributed by atoms with Crippen molar-refractivity contribution in [2.45, 2.75) is 4.90 Å². The minimum absolute atomic E-state index is 0.0274. The van der Waals surface area contributed by atoms with E-state index in [9.17, 15) is 4.79 Å². The fourth-order valence-electron chi connectivity index (χ4n) is 2.91. The summed E-state index contributed by atoms with van der Waals surface area (Å²) in [5.41, 5.74) is 4.03. The molecular weight excluding hydrogens is 352 g/mol. The number of benzene rings is 3. The maximum absolute atomic E-state index is 12.3. The molecule has 27 heavy (non-hydrogen) atoms. The second-order valence-electron chi connectivity index (χ2n) is 6.11. The molecule has 0 fully saturated rings. The van der Waals surface area contributed by atoms with Crippen molar-refractivity contribution in [3.05, 3.63) is 91.1 Å². The van der Waals surface area contributed by atoms with Crippen molar-refractivity contribution >= 4 is 34.3 Å². The smallest absolute Gasteiger partial charge is 0.234 e. The Hall–Kier alpha value is -3.11. The van der Waals surface area contributed by atoms with Crippen LogP contribution in [-0.2, 0) is 4.79 Å². The molecule has 0 saturated heterocycles. The topological polar surface area (TPSA) is 42.0 Å². The minimum Gasteiger partial charge on any atom is -0.325 e. The van der Waals surface area contributed by atoms with Crippen molar-refractivity contribution in [2.24, 2.45) is 0 Å². The lowest BCUT2D eigenvalue weighted by molar-refractivity contribution is -0.113. The third-order valence-corrected chi connectivity index (χ3v) is 5.28. The summed E-state index contributed by atoms with van der Waals surface area (Å²) in [4.78, 5) is 17.8. The number of pyridine rings is 1. The summed E-state index contributed by atoms with van der Waals surface area (Å²) in [5, 5.41) is 4.04. The second kappa shape index (κ2) is 8.06. The monoisotopic (exact) mass is 370 g/mol. The lowest BCUT2D eigenvalue weighted by Crippen LogP contribution is -2.13. The fraction of sp³-hybridized carbons (Fsp3) is 0.0435. The molecule has 0 aliphatic carbocycles. The van der Waals surface area contributed by atoms with Crippen LogP contribution in [0.2, 0.25) is 0 Å². The van der Waals surface area contributed by atoms with Gasteiger partial charge < -0.3 is 5.32 Å². The largest absolute Gasteiger partial charge is 0.325 e. The van der Waals surface area contributed by atoms with Crippen LogP contribution in [0.25, 0.3) is 22.0 Å². The zero-order chi connectivity index (χ0) is 18.5. The van der Waals surface area contributed by atoms with Gasteiger partial charge in [-0.05, 0) is 35.4 Å². The highest BCUT2D eigenvalue weighted by atomic mass is 32.2. The number of aromatic nitrogens is 1. The number of para-hydroxylation sites is 1. The Kier molecular flexibility index (Phi) is 5.17. The van der Waals surface area contributed by atoms with Gasteiger partial charge in [0.15, 0.2) is 0 Å². The highest BCUT2D eigenvalue weighted by molar-refractivity contribution is 8.00. The van der Waals surface area contributed by atoms with E-state index >= 15 is 0 Å². The zero-order valence-electron chi connectivity index (χ0n) is 14.6. The summed E-state index contributed by atoms with van der Waals surface area (Å²) in [7, 11) is 0. The molecule has 1 N–H and O–H groups in total. The second-order valence-corrected chi connectivity index (χ2v) is 7.13. The van der Waals surface area contributed by atoms with Crippen LogP contribution in [0, 0.1) is 0 Å². The first kappa shape index (κ1) is 17.3. The van der Waals surface area contributed by atoms with Crippen LogP contribution in [0.4, 0.5) is 5.69 Å². The normalized spacial score (nSPS) is 10.7. The highest BCUT2D eigenvalue weighted by Gasteiger charge is 2.07. The lowest BCUT2D eigenvalue weighted by atomic mass is 10.1. The lowest BCUT2D eigenvalue weighted by Gasteiger charge is -2.08. The van der Waals surface area contributed by atoms with Gasteiger partial charge in [-0.25, -0.2) is 0 Å². The first-order valence-corrected chi connectivity index (χ1v) is 9.70. The third kappa shape index (κ3) is 4.18. The third-order valence-electron chi connectivity index (χ3n) is 4.23. The Morgan fingerprint density at radius 2 is 1.56 bits per heavy atom. The average Bonchev–Trinajstić information content (AvgIpc) is 2.73. The molecule has 132 valence electrons. The summed E-state index contributed by atoms with van der Waals surface area (Å²) in [6, 6.07) is 28.1. The van der Waals surface area contributed by atoms with E-state index in [1.54, 1.807) is 6.20 Å². The number of anilines is 1. The van der Waals surface area contributed by atoms with Gasteiger partial charge in [0.05, 0.1) is 11.3 Å². The van der Waals surface area contributed by atoms with Gasteiger partial charge in [0.1, 0.15) is 0 Å². The molecule has 1 heterocycles. The first-order valence-electron chi connectivity index (χ1n) is 8.71. The molecule has 0 aliphatic rings. The number of carbonyl (C=O) groups is 1. The van der Waals surface area contributed by atoms with Gasteiger partial charge in [0.2, 0.25) is 5.91 Å². The summed E-state index contributed by atoms with van der Waals surface area (Å²) < 4.78 is 0. The minimum atomic E-state index is -0.0274. The highest BCUT2D eigenvalue weighted by Crippen LogP contribution is 2.26. The summed E-state index contributed by atoms with van der Waals surface area (Å²) >= 11 is 1.50. The number of carbonyl (C=O) groups excluding carboxylic acids is 1. The standard InChI is InChI=1S/C23H18N2OS/c26-22(16-27-21-10-4-8-19-9-5-15-24-23(19)21)25-20-13-11-18(12-14-20)17-6-2-1-3-7-17/h1-15H,16H2,(H,25,26). The van der Waals surface area contributed by atoms with Gasteiger partial charge in [0, 0.05) is 22.2 Å². The molecule has 1 aromatic heterocycles. The molecule has 0 radical (unpaired) electrons. The number of fused-ring (bicyclic) bond motifs is 1. The van der Waals surface area contributed by atoms with Gasteiger partial charge in [0.25, 0.3) is 0 Å². The molecule has 3 nitrogen and oxygen atoms in total. The van der Waals surface area contributed by atoms with Crippen LogP contribution < -0.4 is 5.32 Å².